The first kappa shape index (κ1) is 13.0. The van der Waals surface area contributed by atoms with Gasteiger partial charge in [0.05, 0.1) is 0 Å². The van der Waals surface area contributed by atoms with E-state index < -0.39 is 0 Å². The van der Waals surface area contributed by atoms with Crippen molar-refractivity contribution in [3.63, 3.8) is 0 Å². The second kappa shape index (κ2) is 5.90. The van der Waals surface area contributed by atoms with Crippen LogP contribution >= 0.6 is 11.6 Å². The van der Waals surface area contributed by atoms with E-state index in [0.717, 1.165) is 10.6 Å². The number of carbonyl (C=O) groups is 1. The van der Waals surface area contributed by atoms with Gasteiger partial charge in [-0.25, -0.2) is 0 Å². The van der Waals surface area contributed by atoms with E-state index in [4.69, 9.17) is 11.6 Å². The van der Waals surface area contributed by atoms with Gasteiger partial charge in [0, 0.05) is 25.0 Å². The summed E-state index contributed by atoms with van der Waals surface area (Å²) >= 11 is 5.80. The molecule has 0 aromatic heterocycles. The molecule has 1 aromatic carbocycles. The van der Waals surface area contributed by atoms with Crippen molar-refractivity contribution in [3.05, 3.63) is 34.9 Å². The van der Waals surface area contributed by atoms with Gasteiger partial charge in [0.1, 0.15) is 0 Å². The predicted octanol–water partition coefficient (Wildman–Crippen LogP) is 3.34. The zero-order chi connectivity index (χ0) is 12.1. The lowest BCUT2D eigenvalue weighted by molar-refractivity contribution is -0.131. The molecule has 0 saturated carbocycles. The summed E-state index contributed by atoms with van der Waals surface area (Å²) in [6.07, 6.45) is 0.601. The average Bonchev–Trinajstić information content (AvgIpc) is 2.20. The van der Waals surface area contributed by atoms with Gasteiger partial charge in [-0.3, -0.25) is 4.79 Å². The quantitative estimate of drug-likeness (QED) is 0.789. The van der Waals surface area contributed by atoms with Crippen molar-refractivity contribution in [2.45, 2.75) is 26.8 Å². The van der Waals surface area contributed by atoms with Crippen LogP contribution in [0.2, 0.25) is 5.02 Å². The van der Waals surface area contributed by atoms with Gasteiger partial charge in [0.15, 0.2) is 0 Å². The highest BCUT2D eigenvalue weighted by Crippen LogP contribution is 2.12. The van der Waals surface area contributed by atoms with Crippen LogP contribution in [0.15, 0.2) is 24.3 Å². The Bertz CT molecular complexity index is 345. The number of amides is 1. The Hall–Kier alpha value is -1.02. The Labute approximate surface area is 102 Å². The maximum absolute atomic E-state index is 11.7. The fourth-order valence-electron chi connectivity index (χ4n) is 1.46. The second-order valence-corrected chi connectivity index (χ2v) is 4.91. The maximum atomic E-state index is 11.7. The molecule has 1 amide bonds. The molecule has 16 heavy (non-hydrogen) atoms. The highest BCUT2D eigenvalue weighted by atomic mass is 35.5. The number of nitrogens with zero attached hydrogens (tertiary/aromatic N) is 1. The van der Waals surface area contributed by atoms with Crippen LogP contribution in [0.1, 0.15) is 25.8 Å². The predicted molar refractivity (Wildman–Crippen MR) is 67.4 cm³/mol. The first-order valence-corrected chi connectivity index (χ1v) is 5.85. The van der Waals surface area contributed by atoms with E-state index >= 15 is 0 Å². The molecule has 0 fully saturated rings. The molecule has 0 atom stereocenters. The minimum absolute atomic E-state index is 0.185. The van der Waals surface area contributed by atoms with Crippen molar-refractivity contribution in [1.29, 1.82) is 0 Å². The summed E-state index contributed by atoms with van der Waals surface area (Å²) in [6, 6.07) is 7.58. The molecule has 3 heteroatoms. The summed E-state index contributed by atoms with van der Waals surface area (Å²) < 4.78 is 0. The molecule has 0 heterocycles. The largest absolute Gasteiger partial charge is 0.341 e. The van der Waals surface area contributed by atoms with Gasteiger partial charge in [-0.15, -0.1) is 0 Å². The van der Waals surface area contributed by atoms with E-state index in [1.54, 1.807) is 4.90 Å². The molecule has 0 aliphatic carbocycles. The highest BCUT2D eigenvalue weighted by Gasteiger charge is 2.10. The lowest BCUT2D eigenvalue weighted by atomic mass is 10.1. The van der Waals surface area contributed by atoms with E-state index in [9.17, 15) is 4.79 Å². The standard InChI is InChI=1S/C13H18ClNO/c1-10(2)8-13(16)15(3)9-11-4-6-12(14)7-5-11/h4-7,10H,8-9H2,1-3H3. The normalized spacial score (nSPS) is 10.6. The van der Waals surface area contributed by atoms with Crippen molar-refractivity contribution in [2.75, 3.05) is 7.05 Å². The highest BCUT2D eigenvalue weighted by molar-refractivity contribution is 6.30. The minimum atomic E-state index is 0.185. The third kappa shape index (κ3) is 4.23. The summed E-state index contributed by atoms with van der Waals surface area (Å²) in [4.78, 5) is 13.5. The Morgan fingerprint density at radius 3 is 2.38 bits per heavy atom. The number of benzene rings is 1. The maximum Gasteiger partial charge on any atom is 0.222 e. The zero-order valence-electron chi connectivity index (χ0n) is 10.0. The Kier molecular flexibility index (Phi) is 4.81. The molecule has 0 radical (unpaired) electrons. The second-order valence-electron chi connectivity index (χ2n) is 4.47. The molecule has 0 N–H and O–H groups in total. The number of carbonyl (C=O) groups excluding carboxylic acids is 1. The van der Waals surface area contributed by atoms with Crippen LogP contribution in [-0.2, 0) is 11.3 Å². The zero-order valence-corrected chi connectivity index (χ0v) is 10.8. The van der Waals surface area contributed by atoms with Crippen LogP contribution in [0.3, 0.4) is 0 Å². The van der Waals surface area contributed by atoms with Gasteiger partial charge >= 0.3 is 0 Å². The lowest BCUT2D eigenvalue weighted by Gasteiger charge is -2.18. The van der Waals surface area contributed by atoms with E-state index in [1.165, 1.54) is 0 Å². The minimum Gasteiger partial charge on any atom is -0.341 e. The van der Waals surface area contributed by atoms with Gasteiger partial charge in [-0.2, -0.15) is 0 Å². The first-order valence-electron chi connectivity index (χ1n) is 5.47. The van der Waals surface area contributed by atoms with Gasteiger partial charge in [0.25, 0.3) is 0 Å². The van der Waals surface area contributed by atoms with E-state index in [1.807, 2.05) is 45.2 Å². The number of hydrogen-bond donors (Lipinski definition) is 0. The molecule has 0 spiro atoms. The van der Waals surface area contributed by atoms with Crippen molar-refractivity contribution in [2.24, 2.45) is 5.92 Å². The van der Waals surface area contributed by atoms with Crippen LogP contribution in [0, 0.1) is 5.92 Å². The summed E-state index contributed by atoms with van der Waals surface area (Å²) in [7, 11) is 1.83. The summed E-state index contributed by atoms with van der Waals surface area (Å²) in [5, 5.41) is 0.722. The third-order valence-corrected chi connectivity index (χ3v) is 2.59. The molecular weight excluding hydrogens is 222 g/mol. The Morgan fingerprint density at radius 1 is 1.31 bits per heavy atom. The van der Waals surface area contributed by atoms with Crippen LogP contribution < -0.4 is 0 Å². The van der Waals surface area contributed by atoms with Gasteiger partial charge in [0.2, 0.25) is 5.91 Å². The third-order valence-electron chi connectivity index (χ3n) is 2.34. The van der Waals surface area contributed by atoms with E-state index in [-0.39, 0.29) is 5.91 Å². The van der Waals surface area contributed by atoms with Crippen LogP contribution in [-0.4, -0.2) is 17.9 Å². The molecule has 0 saturated heterocycles. The molecule has 0 unspecified atom stereocenters. The fraction of sp³-hybridized carbons (Fsp3) is 0.462. The van der Waals surface area contributed by atoms with Crippen molar-refractivity contribution < 1.29 is 4.79 Å². The van der Waals surface area contributed by atoms with Gasteiger partial charge < -0.3 is 4.90 Å². The smallest absolute Gasteiger partial charge is 0.222 e. The number of halogens is 1. The molecule has 88 valence electrons. The first-order chi connectivity index (χ1) is 7.49. The fourth-order valence-corrected chi connectivity index (χ4v) is 1.58. The van der Waals surface area contributed by atoms with Crippen molar-refractivity contribution >= 4 is 17.5 Å². The number of rotatable bonds is 4. The van der Waals surface area contributed by atoms with Crippen LogP contribution in [0.5, 0.6) is 0 Å². The van der Waals surface area contributed by atoms with Crippen molar-refractivity contribution in [1.82, 2.24) is 4.90 Å². The van der Waals surface area contributed by atoms with Crippen LogP contribution in [0.25, 0.3) is 0 Å². The SMILES string of the molecule is CC(C)CC(=O)N(C)Cc1ccc(Cl)cc1. The molecule has 0 aliphatic heterocycles. The monoisotopic (exact) mass is 239 g/mol. The summed E-state index contributed by atoms with van der Waals surface area (Å²) in [6.45, 7) is 4.74. The summed E-state index contributed by atoms with van der Waals surface area (Å²) in [5.41, 5.74) is 1.10. The van der Waals surface area contributed by atoms with E-state index in [2.05, 4.69) is 0 Å². The molecule has 0 aliphatic rings. The van der Waals surface area contributed by atoms with Crippen LogP contribution in [0.4, 0.5) is 0 Å². The van der Waals surface area contributed by atoms with Gasteiger partial charge in [-0.05, 0) is 23.6 Å². The van der Waals surface area contributed by atoms with E-state index in [0.29, 0.717) is 18.9 Å². The average molecular weight is 240 g/mol. The molecule has 0 bridgehead atoms. The lowest BCUT2D eigenvalue weighted by Crippen LogP contribution is -2.27. The molecule has 1 rings (SSSR count). The number of hydrogen-bond acceptors (Lipinski definition) is 1. The Morgan fingerprint density at radius 2 is 1.88 bits per heavy atom. The van der Waals surface area contributed by atoms with Gasteiger partial charge in [-0.1, -0.05) is 37.6 Å². The Balaban J connectivity index is 2.53. The topological polar surface area (TPSA) is 20.3 Å². The summed E-state index contributed by atoms with van der Waals surface area (Å²) in [5.74, 6) is 0.588. The molecule has 1 aromatic rings. The van der Waals surface area contributed by atoms with Crippen molar-refractivity contribution in [3.8, 4) is 0 Å². The molecular formula is C13H18ClNO. The molecule has 2 nitrogen and oxygen atoms in total.